The Morgan fingerprint density at radius 3 is 2.71 bits per heavy atom. The van der Waals surface area contributed by atoms with Gasteiger partial charge < -0.3 is 4.90 Å². The van der Waals surface area contributed by atoms with Gasteiger partial charge in [0, 0.05) is 50.7 Å². The molecule has 112 valence electrons. The highest BCUT2D eigenvalue weighted by Crippen LogP contribution is 2.20. The van der Waals surface area contributed by atoms with Crippen LogP contribution in [0.3, 0.4) is 0 Å². The number of aromatic nitrogens is 4. The van der Waals surface area contributed by atoms with Crippen LogP contribution in [-0.2, 0) is 13.0 Å². The van der Waals surface area contributed by atoms with Crippen molar-refractivity contribution < 1.29 is 0 Å². The van der Waals surface area contributed by atoms with E-state index in [0.717, 1.165) is 50.8 Å². The van der Waals surface area contributed by atoms with Crippen molar-refractivity contribution in [2.45, 2.75) is 26.8 Å². The lowest BCUT2D eigenvalue weighted by Gasteiger charge is -2.36. The first kappa shape index (κ1) is 14.0. The summed E-state index contributed by atoms with van der Waals surface area (Å²) >= 11 is 0. The number of rotatable bonds is 4. The summed E-state index contributed by atoms with van der Waals surface area (Å²) in [6.07, 6.45) is 4.68. The topological polar surface area (TPSA) is 60.9 Å². The van der Waals surface area contributed by atoms with Crippen molar-refractivity contribution in [2.24, 2.45) is 0 Å². The van der Waals surface area contributed by atoms with Gasteiger partial charge in [0.05, 0.1) is 6.54 Å². The molecular formula is C15H22N6. The second-order valence-electron chi connectivity index (χ2n) is 5.48. The molecule has 3 heterocycles. The predicted molar refractivity (Wildman–Crippen MR) is 82.2 cm³/mol. The minimum absolute atomic E-state index is 0.857. The fourth-order valence-electron chi connectivity index (χ4n) is 2.74. The van der Waals surface area contributed by atoms with Crippen LogP contribution in [0.1, 0.15) is 24.1 Å². The van der Waals surface area contributed by atoms with Crippen molar-refractivity contribution >= 4 is 5.69 Å². The summed E-state index contributed by atoms with van der Waals surface area (Å²) in [6, 6.07) is 2.11. The van der Waals surface area contributed by atoms with E-state index < -0.39 is 0 Å². The van der Waals surface area contributed by atoms with Crippen molar-refractivity contribution in [1.29, 1.82) is 0 Å². The minimum Gasteiger partial charge on any atom is -0.369 e. The van der Waals surface area contributed by atoms with E-state index >= 15 is 0 Å². The van der Waals surface area contributed by atoms with E-state index in [9.17, 15) is 0 Å². The van der Waals surface area contributed by atoms with E-state index in [4.69, 9.17) is 0 Å². The number of aryl methyl sites for hydroxylation is 2. The van der Waals surface area contributed by atoms with E-state index in [1.54, 1.807) is 0 Å². The number of pyridine rings is 1. The molecule has 0 aromatic carbocycles. The molecule has 1 aliphatic rings. The number of aromatic amines is 1. The number of nitrogens with zero attached hydrogens (tertiary/aromatic N) is 5. The van der Waals surface area contributed by atoms with Gasteiger partial charge in [0.15, 0.2) is 0 Å². The number of nitrogens with one attached hydrogen (secondary N) is 1. The molecule has 0 atom stereocenters. The standard InChI is InChI=1S/C15H22N6/c1-3-14-17-15(19-18-14)11-20-6-8-21(9-7-20)13-4-5-16-10-12(13)2/h4-5,10H,3,6-9,11H2,1-2H3,(H,17,18,19). The summed E-state index contributed by atoms with van der Waals surface area (Å²) in [5.74, 6) is 1.87. The molecule has 0 spiro atoms. The maximum absolute atomic E-state index is 4.48. The summed E-state index contributed by atoms with van der Waals surface area (Å²) in [5, 5.41) is 7.23. The Bertz CT molecular complexity index is 585. The van der Waals surface area contributed by atoms with Gasteiger partial charge in [-0.1, -0.05) is 6.92 Å². The molecule has 2 aromatic rings. The fraction of sp³-hybridized carbons (Fsp3) is 0.533. The van der Waals surface area contributed by atoms with E-state index in [0.29, 0.717) is 0 Å². The molecule has 1 N–H and O–H groups in total. The number of hydrogen-bond acceptors (Lipinski definition) is 5. The fourth-order valence-corrected chi connectivity index (χ4v) is 2.74. The first-order valence-electron chi connectivity index (χ1n) is 7.54. The van der Waals surface area contributed by atoms with Gasteiger partial charge in [-0.05, 0) is 18.6 Å². The van der Waals surface area contributed by atoms with Crippen LogP contribution >= 0.6 is 0 Å². The van der Waals surface area contributed by atoms with Crippen LogP contribution in [-0.4, -0.2) is 51.2 Å². The lowest BCUT2D eigenvalue weighted by molar-refractivity contribution is 0.244. The van der Waals surface area contributed by atoms with Crippen LogP contribution in [0.4, 0.5) is 5.69 Å². The van der Waals surface area contributed by atoms with Gasteiger partial charge >= 0.3 is 0 Å². The Balaban J connectivity index is 1.56. The van der Waals surface area contributed by atoms with Crippen molar-refractivity contribution in [3.05, 3.63) is 35.7 Å². The third kappa shape index (κ3) is 3.21. The molecule has 3 rings (SSSR count). The maximum atomic E-state index is 4.48. The molecular weight excluding hydrogens is 264 g/mol. The zero-order valence-corrected chi connectivity index (χ0v) is 12.7. The first-order chi connectivity index (χ1) is 10.3. The normalized spacial score (nSPS) is 16.4. The Labute approximate surface area is 125 Å². The van der Waals surface area contributed by atoms with Crippen LogP contribution in [0.2, 0.25) is 0 Å². The molecule has 1 saturated heterocycles. The van der Waals surface area contributed by atoms with E-state index in [2.05, 4.69) is 49.9 Å². The second kappa shape index (κ2) is 6.22. The molecule has 6 nitrogen and oxygen atoms in total. The molecule has 0 saturated carbocycles. The average Bonchev–Trinajstić information content (AvgIpc) is 2.96. The zero-order chi connectivity index (χ0) is 14.7. The van der Waals surface area contributed by atoms with Crippen LogP contribution in [0.5, 0.6) is 0 Å². The van der Waals surface area contributed by atoms with Crippen LogP contribution in [0.25, 0.3) is 0 Å². The number of H-pyrrole nitrogens is 1. The summed E-state index contributed by atoms with van der Waals surface area (Å²) in [6.45, 7) is 9.22. The van der Waals surface area contributed by atoms with Gasteiger partial charge in [-0.25, -0.2) is 4.98 Å². The van der Waals surface area contributed by atoms with Crippen molar-refractivity contribution in [1.82, 2.24) is 25.1 Å². The van der Waals surface area contributed by atoms with Gasteiger partial charge in [0.1, 0.15) is 11.6 Å². The van der Waals surface area contributed by atoms with E-state index in [-0.39, 0.29) is 0 Å². The molecule has 2 aromatic heterocycles. The smallest absolute Gasteiger partial charge is 0.150 e. The van der Waals surface area contributed by atoms with E-state index in [1.165, 1.54) is 11.3 Å². The number of piperazine rings is 1. The molecule has 0 amide bonds. The predicted octanol–water partition coefficient (Wildman–Crippen LogP) is 1.39. The third-order valence-corrected chi connectivity index (χ3v) is 3.97. The largest absolute Gasteiger partial charge is 0.369 e. The SMILES string of the molecule is CCc1n[nH]c(CN2CCN(c3ccncc3C)CC2)n1. The van der Waals surface area contributed by atoms with Gasteiger partial charge in [0.25, 0.3) is 0 Å². The minimum atomic E-state index is 0.857. The summed E-state index contributed by atoms with van der Waals surface area (Å²) < 4.78 is 0. The highest BCUT2D eigenvalue weighted by Gasteiger charge is 2.19. The molecule has 1 fully saturated rings. The molecule has 0 unspecified atom stereocenters. The number of hydrogen-bond donors (Lipinski definition) is 1. The monoisotopic (exact) mass is 286 g/mol. The van der Waals surface area contributed by atoms with Gasteiger partial charge in [0.2, 0.25) is 0 Å². The molecule has 6 heteroatoms. The first-order valence-corrected chi connectivity index (χ1v) is 7.54. The highest BCUT2D eigenvalue weighted by molar-refractivity contribution is 5.51. The molecule has 1 aliphatic heterocycles. The highest BCUT2D eigenvalue weighted by atomic mass is 15.3. The summed E-state index contributed by atoms with van der Waals surface area (Å²) in [7, 11) is 0. The van der Waals surface area contributed by atoms with Crippen molar-refractivity contribution in [3.63, 3.8) is 0 Å². The average molecular weight is 286 g/mol. The summed E-state index contributed by atoms with van der Waals surface area (Å²) in [5.41, 5.74) is 2.55. The Morgan fingerprint density at radius 1 is 1.24 bits per heavy atom. The van der Waals surface area contributed by atoms with Gasteiger partial charge in [-0.15, -0.1) is 0 Å². The van der Waals surface area contributed by atoms with E-state index in [1.807, 2.05) is 12.4 Å². The Kier molecular flexibility index (Phi) is 4.15. The van der Waals surface area contributed by atoms with Crippen LogP contribution < -0.4 is 4.90 Å². The van der Waals surface area contributed by atoms with Crippen molar-refractivity contribution in [2.75, 3.05) is 31.1 Å². The zero-order valence-electron chi connectivity index (χ0n) is 12.7. The second-order valence-corrected chi connectivity index (χ2v) is 5.48. The molecule has 0 bridgehead atoms. The molecule has 0 radical (unpaired) electrons. The van der Waals surface area contributed by atoms with Crippen LogP contribution in [0.15, 0.2) is 18.5 Å². The lowest BCUT2D eigenvalue weighted by Crippen LogP contribution is -2.46. The quantitative estimate of drug-likeness (QED) is 0.920. The third-order valence-electron chi connectivity index (χ3n) is 3.97. The maximum Gasteiger partial charge on any atom is 0.150 e. The Hall–Kier alpha value is -1.95. The Morgan fingerprint density at radius 2 is 2.05 bits per heavy atom. The van der Waals surface area contributed by atoms with Gasteiger partial charge in [-0.2, -0.15) is 5.10 Å². The molecule has 21 heavy (non-hydrogen) atoms. The number of anilines is 1. The van der Waals surface area contributed by atoms with Crippen LogP contribution in [0, 0.1) is 6.92 Å². The lowest BCUT2D eigenvalue weighted by atomic mass is 10.2. The van der Waals surface area contributed by atoms with Gasteiger partial charge in [-0.3, -0.25) is 15.0 Å². The molecule has 0 aliphatic carbocycles. The van der Waals surface area contributed by atoms with Crippen molar-refractivity contribution in [3.8, 4) is 0 Å². The summed E-state index contributed by atoms with van der Waals surface area (Å²) in [4.78, 5) is 13.5.